The first-order chi connectivity index (χ1) is 11.5. The number of nitrogens with one attached hydrogen (secondary N) is 1. The maximum Gasteiger partial charge on any atom is 0.338 e. The van der Waals surface area contributed by atoms with Crippen LogP contribution in [-0.4, -0.2) is 35.8 Å². The first-order valence-electron chi connectivity index (χ1n) is 8.06. The minimum absolute atomic E-state index is 0.00557. The number of benzene rings is 1. The Morgan fingerprint density at radius 2 is 2.17 bits per heavy atom. The van der Waals surface area contributed by atoms with Gasteiger partial charge in [0.25, 0.3) is 0 Å². The molecule has 6 nitrogen and oxygen atoms in total. The number of carbonyl (C=O) groups excluding carboxylic acids is 3. The summed E-state index contributed by atoms with van der Waals surface area (Å²) >= 11 is 0. The molecule has 0 aliphatic carbocycles. The van der Waals surface area contributed by atoms with E-state index < -0.39 is 5.97 Å². The van der Waals surface area contributed by atoms with Crippen LogP contribution in [0.25, 0.3) is 0 Å². The number of nitrogens with zero attached hydrogens (tertiary/aromatic N) is 1. The number of anilines is 1. The Hall–Kier alpha value is -2.63. The largest absolute Gasteiger partial charge is 0.423 e. The Morgan fingerprint density at radius 3 is 2.83 bits per heavy atom. The molecule has 1 fully saturated rings. The van der Waals surface area contributed by atoms with E-state index in [2.05, 4.69) is 5.32 Å². The van der Waals surface area contributed by atoms with Gasteiger partial charge in [-0.25, -0.2) is 4.79 Å². The Kier molecular flexibility index (Phi) is 6.12. The number of hydrogen-bond donors (Lipinski definition) is 1. The summed E-state index contributed by atoms with van der Waals surface area (Å²) in [4.78, 5) is 37.0. The highest BCUT2D eigenvalue weighted by molar-refractivity contribution is 5.95. The molecular formula is C18H22N2O4. The van der Waals surface area contributed by atoms with Gasteiger partial charge in [-0.2, -0.15) is 0 Å². The Labute approximate surface area is 141 Å². The van der Waals surface area contributed by atoms with E-state index in [-0.39, 0.29) is 18.4 Å². The molecular weight excluding hydrogens is 308 g/mol. The van der Waals surface area contributed by atoms with Crippen LogP contribution < -0.4 is 10.1 Å². The summed E-state index contributed by atoms with van der Waals surface area (Å²) in [5, 5.41) is 2.72. The fourth-order valence-corrected chi connectivity index (χ4v) is 2.46. The van der Waals surface area contributed by atoms with E-state index in [1.165, 1.54) is 4.90 Å². The molecule has 0 bridgehead atoms. The van der Waals surface area contributed by atoms with Gasteiger partial charge in [0.2, 0.25) is 11.8 Å². The second-order valence-corrected chi connectivity index (χ2v) is 5.68. The van der Waals surface area contributed by atoms with Crippen LogP contribution in [0.1, 0.15) is 33.1 Å². The molecule has 0 unspecified atom stereocenters. The second kappa shape index (κ2) is 8.29. The number of rotatable bonds is 6. The third-order valence-electron chi connectivity index (χ3n) is 3.67. The van der Waals surface area contributed by atoms with E-state index in [4.69, 9.17) is 4.74 Å². The van der Waals surface area contributed by atoms with Gasteiger partial charge in [0, 0.05) is 30.3 Å². The molecule has 6 heteroatoms. The predicted octanol–water partition coefficient (Wildman–Crippen LogP) is 2.51. The first kappa shape index (κ1) is 17.7. The minimum Gasteiger partial charge on any atom is -0.423 e. The lowest BCUT2D eigenvalue weighted by molar-refractivity contribution is -0.131. The standard InChI is InChI=1S/C18H22N2O4/c1-3-6-13(2)18(23)24-15-8-4-7-14(11-15)19-16(21)12-20-10-5-9-17(20)22/h4,6-8,11H,3,5,9-10,12H2,1-2H3,(H,19,21). The van der Waals surface area contributed by atoms with E-state index >= 15 is 0 Å². The number of likely N-dealkylation sites (tertiary alicyclic amines) is 1. The van der Waals surface area contributed by atoms with Crippen molar-refractivity contribution in [2.45, 2.75) is 33.1 Å². The predicted molar refractivity (Wildman–Crippen MR) is 90.6 cm³/mol. The van der Waals surface area contributed by atoms with E-state index in [0.29, 0.717) is 30.0 Å². The van der Waals surface area contributed by atoms with Crippen molar-refractivity contribution in [1.82, 2.24) is 4.90 Å². The second-order valence-electron chi connectivity index (χ2n) is 5.68. The maximum atomic E-state index is 12.0. The quantitative estimate of drug-likeness (QED) is 0.494. The zero-order chi connectivity index (χ0) is 17.5. The van der Waals surface area contributed by atoms with Crippen molar-refractivity contribution in [3.05, 3.63) is 35.9 Å². The average Bonchev–Trinajstić information content (AvgIpc) is 2.92. The minimum atomic E-state index is -0.414. The molecule has 24 heavy (non-hydrogen) atoms. The fraction of sp³-hybridized carbons (Fsp3) is 0.389. The molecule has 128 valence electrons. The Balaban J connectivity index is 1.94. The van der Waals surface area contributed by atoms with Gasteiger partial charge in [-0.3, -0.25) is 9.59 Å². The fourth-order valence-electron chi connectivity index (χ4n) is 2.46. The van der Waals surface area contributed by atoms with Gasteiger partial charge in [-0.05, 0) is 31.9 Å². The Morgan fingerprint density at radius 1 is 1.38 bits per heavy atom. The summed E-state index contributed by atoms with van der Waals surface area (Å²) < 4.78 is 5.28. The molecule has 1 N–H and O–H groups in total. The van der Waals surface area contributed by atoms with Gasteiger partial charge >= 0.3 is 5.97 Å². The molecule has 0 radical (unpaired) electrons. The summed E-state index contributed by atoms with van der Waals surface area (Å²) in [6, 6.07) is 6.63. The SMILES string of the molecule is CCC=C(C)C(=O)Oc1cccc(NC(=O)CN2CCCC2=O)c1. The molecule has 0 saturated carbocycles. The van der Waals surface area contributed by atoms with Crippen molar-refractivity contribution in [3.63, 3.8) is 0 Å². The lowest BCUT2D eigenvalue weighted by Crippen LogP contribution is -2.33. The third kappa shape index (κ3) is 4.94. The zero-order valence-corrected chi connectivity index (χ0v) is 14.0. The van der Waals surface area contributed by atoms with E-state index in [1.807, 2.05) is 6.92 Å². The van der Waals surface area contributed by atoms with Crippen molar-refractivity contribution in [2.24, 2.45) is 0 Å². The van der Waals surface area contributed by atoms with E-state index in [9.17, 15) is 14.4 Å². The molecule has 0 atom stereocenters. The summed E-state index contributed by atoms with van der Waals surface area (Å²) in [7, 11) is 0. The lowest BCUT2D eigenvalue weighted by Gasteiger charge is -2.15. The van der Waals surface area contributed by atoms with Crippen molar-refractivity contribution in [3.8, 4) is 5.75 Å². The van der Waals surface area contributed by atoms with E-state index in [0.717, 1.165) is 12.8 Å². The molecule has 1 aliphatic rings. The smallest absolute Gasteiger partial charge is 0.338 e. The van der Waals surface area contributed by atoms with Crippen molar-refractivity contribution < 1.29 is 19.1 Å². The van der Waals surface area contributed by atoms with Crippen molar-refractivity contribution in [1.29, 1.82) is 0 Å². The highest BCUT2D eigenvalue weighted by Crippen LogP contribution is 2.19. The van der Waals surface area contributed by atoms with Crippen LogP contribution in [0.15, 0.2) is 35.9 Å². The number of carbonyl (C=O) groups is 3. The summed E-state index contributed by atoms with van der Waals surface area (Å²) in [6.45, 7) is 4.30. The van der Waals surface area contributed by atoms with Crippen LogP contribution in [0, 0.1) is 0 Å². The summed E-state index contributed by atoms with van der Waals surface area (Å²) in [5.74, 6) is -0.316. The highest BCUT2D eigenvalue weighted by atomic mass is 16.5. The molecule has 1 heterocycles. The van der Waals surface area contributed by atoms with Crippen LogP contribution in [0.5, 0.6) is 5.75 Å². The number of ether oxygens (including phenoxy) is 1. The van der Waals surface area contributed by atoms with Gasteiger partial charge in [-0.1, -0.05) is 19.1 Å². The van der Waals surface area contributed by atoms with Crippen LogP contribution >= 0.6 is 0 Å². The molecule has 1 aromatic rings. The van der Waals surface area contributed by atoms with Crippen LogP contribution in [-0.2, 0) is 14.4 Å². The highest BCUT2D eigenvalue weighted by Gasteiger charge is 2.22. The number of esters is 1. The van der Waals surface area contributed by atoms with Crippen LogP contribution in [0.4, 0.5) is 5.69 Å². The number of amides is 2. The normalized spacial score (nSPS) is 14.7. The Bertz CT molecular complexity index is 667. The van der Waals surface area contributed by atoms with Crippen LogP contribution in [0.2, 0.25) is 0 Å². The molecule has 1 aliphatic heterocycles. The van der Waals surface area contributed by atoms with Gasteiger partial charge in [0.1, 0.15) is 5.75 Å². The van der Waals surface area contributed by atoms with Gasteiger partial charge in [-0.15, -0.1) is 0 Å². The van der Waals surface area contributed by atoms with Gasteiger partial charge in [0.05, 0.1) is 6.54 Å². The molecule has 0 spiro atoms. The van der Waals surface area contributed by atoms with Gasteiger partial charge < -0.3 is 15.0 Å². The maximum absolute atomic E-state index is 12.0. The van der Waals surface area contributed by atoms with Crippen LogP contribution in [0.3, 0.4) is 0 Å². The number of hydrogen-bond acceptors (Lipinski definition) is 4. The topological polar surface area (TPSA) is 75.7 Å². The summed E-state index contributed by atoms with van der Waals surface area (Å²) in [6.07, 6.45) is 3.85. The monoisotopic (exact) mass is 330 g/mol. The average molecular weight is 330 g/mol. The molecule has 2 rings (SSSR count). The third-order valence-corrected chi connectivity index (χ3v) is 3.67. The van der Waals surface area contributed by atoms with E-state index in [1.54, 1.807) is 37.3 Å². The molecule has 2 amide bonds. The first-order valence-corrected chi connectivity index (χ1v) is 8.06. The molecule has 1 saturated heterocycles. The zero-order valence-electron chi connectivity index (χ0n) is 14.0. The van der Waals surface area contributed by atoms with Gasteiger partial charge in [0.15, 0.2) is 0 Å². The summed E-state index contributed by atoms with van der Waals surface area (Å²) in [5.41, 5.74) is 1.06. The number of allylic oxidation sites excluding steroid dienone is 1. The molecule has 1 aromatic carbocycles. The lowest BCUT2D eigenvalue weighted by atomic mass is 10.2. The molecule has 0 aromatic heterocycles. The van der Waals surface area contributed by atoms with Crippen molar-refractivity contribution >= 4 is 23.5 Å². The van der Waals surface area contributed by atoms with Crippen molar-refractivity contribution in [2.75, 3.05) is 18.4 Å².